The number of fused-ring (bicyclic) bond motifs is 1. The van der Waals surface area contributed by atoms with Gasteiger partial charge in [-0.15, -0.1) is 0 Å². The number of benzene rings is 1. The Morgan fingerprint density at radius 1 is 1.14 bits per heavy atom. The van der Waals surface area contributed by atoms with E-state index >= 15 is 0 Å². The number of nitrogens with one attached hydrogen (secondary N) is 1. The highest BCUT2D eigenvalue weighted by molar-refractivity contribution is 6.21. The summed E-state index contributed by atoms with van der Waals surface area (Å²) in [5, 5.41) is 2.84. The second kappa shape index (κ2) is 8.31. The highest BCUT2D eigenvalue weighted by Gasteiger charge is 2.34. The number of amides is 3. The lowest BCUT2D eigenvalue weighted by molar-refractivity contribution is 0.0519. The second-order valence-corrected chi connectivity index (χ2v) is 8.50. The Labute approximate surface area is 166 Å². The molecule has 152 valence electrons. The largest absolute Gasteiger partial charge is 0.444 e. The molecule has 0 spiro atoms. The molecular weight excluding hydrogens is 358 g/mol. The quantitative estimate of drug-likeness (QED) is 0.759. The average Bonchev–Trinajstić information content (AvgIpc) is 3.17. The number of carbonyl (C=O) groups excluding carboxylic acids is 3. The fourth-order valence-electron chi connectivity index (χ4n) is 3.72. The molecule has 1 fully saturated rings. The zero-order valence-corrected chi connectivity index (χ0v) is 16.9. The van der Waals surface area contributed by atoms with Crippen LogP contribution in [0.25, 0.3) is 0 Å². The van der Waals surface area contributed by atoms with E-state index in [1.54, 1.807) is 24.3 Å². The zero-order chi connectivity index (χ0) is 20.3. The van der Waals surface area contributed by atoms with Crippen LogP contribution in [0.1, 0.15) is 54.3 Å². The van der Waals surface area contributed by atoms with Gasteiger partial charge in [-0.3, -0.25) is 14.5 Å². The topological polar surface area (TPSA) is 79.0 Å². The number of imide groups is 1. The molecule has 1 unspecified atom stereocenters. The molecule has 0 radical (unpaired) electrons. The third-order valence-corrected chi connectivity index (χ3v) is 5.04. The highest BCUT2D eigenvalue weighted by Crippen LogP contribution is 2.23. The van der Waals surface area contributed by atoms with Gasteiger partial charge in [-0.25, -0.2) is 4.79 Å². The van der Waals surface area contributed by atoms with Crippen LogP contribution in [0, 0.1) is 5.92 Å². The Morgan fingerprint density at radius 3 is 2.39 bits per heavy atom. The van der Waals surface area contributed by atoms with E-state index in [0.29, 0.717) is 30.1 Å². The van der Waals surface area contributed by atoms with Gasteiger partial charge in [-0.2, -0.15) is 0 Å². The smallest absolute Gasteiger partial charge is 0.407 e. The van der Waals surface area contributed by atoms with E-state index in [0.717, 1.165) is 32.5 Å². The number of nitrogens with zero attached hydrogens (tertiary/aromatic N) is 2. The van der Waals surface area contributed by atoms with Gasteiger partial charge >= 0.3 is 6.09 Å². The van der Waals surface area contributed by atoms with E-state index in [4.69, 9.17) is 4.74 Å². The molecule has 3 amide bonds. The van der Waals surface area contributed by atoms with Crippen LogP contribution in [0.2, 0.25) is 0 Å². The van der Waals surface area contributed by atoms with Gasteiger partial charge in [0, 0.05) is 19.6 Å². The molecule has 0 saturated carbocycles. The number of hydrogen-bond donors (Lipinski definition) is 1. The Kier molecular flexibility index (Phi) is 6.03. The van der Waals surface area contributed by atoms with Crippen LogP contribution in [0.3, 0.4) is 0 Å². The van der Waals surface area contributed by atoms with Crippen LogP contribution in [0.5, 0.6) is 0 Å². The lowest BCUT2D eigenvalue weighted by atomic mass is 10.1. The molecule has 1 atom stereocenters. The highest BCUT2D eigenvalue weighted by atomic mass is 16.6. The molecule has 1 saturated heterocycles. The summed E-state index contributed by atoms with van der Waals surface area (Å²) in [6, 6.07) is 6.98. The number of likely N-dealkylation sites (tertiary alicyclic amines) is 1. The van der Waals surface area contributed by atoms with E-state index in [9.17, 15) is 14.4 Å². The molecule has 1 N–H and O–H groups in total. The minimum atomic E-state index is -0.490. The molecule has 3 rings (SSSR count). The summed E-state index contributed by atoms with van der Waals surface area (Å²) in [5.41, 5.74) is 0.513. The fraction of sp³-hybridized carbons (Fsp3) is 0.571. The van der Waals surface area contributed by atoms with Crippen molar-refractivity contribution in [3.8, 4) is 0 Å². The van der Waals surface area contributed by atoms with Gasteiger partial charge in [0.25, 0.3) is 11.8 Å². The average molecular weight is 387 g/mol. The molecule has 2 aliphatic heterocycles. The van der Waals surface area contributed by atoms with Gasteiger partial charge in [0.1, 0.15) is 5.60 Å². The van der Waals surface area contributed by atoms with Crippen LogP contribution in [-0.4, -0.2) is 66.0 Å². The summed E-state index contributed by atoms with van der Waals surface area (Å²) in [4.78, 5) is 40.2. The third kappa shape index (κ3) is 4.90. The summed E-state index contributed by atoms with van der Waals surface area (Å²) >= 11 is 0. The lowest BCUT2D eigenvalue weighted by Gasteiger charge is -2.21. The number of rotatable bonds is 6. The Balaban J connectivity index is 1.37. The maximum Gasteiger partial charge on any atom is 0.407 e. The first-order valence-electron chi connectivity index (χ1n) is 9.89. The van der Waals surface area contributed by atoms with E-state index in [1.165, 1.54) is 4.90 Å². The van der Waals surface area contributed by atoms with E-state index in [-0.39, 0.29) is 17.9 Å². The van der Waals surface area contributed by atoms with Crippen molar-refractivity contribution in [3.05, 3.63) is 35.4 Å². The van der Waals surface area contributed by atoms with Crippen molar-refractivity contribution < 1.29 is 19.1 Å². The monoisotopic (exact) mass is 387 g/mol. The molecule has 0 bridgehead atoms. The predicted octanol–water partition coefficient (Wildman–Crippen LogP) is 2.52. The maximum atomic E-state index is 12.4. The van der Waals surface area contributed by atoms with Crippen molar-refractivity contribution in [1.29, 1.82) is 0 Å². The first kappa shape index (κ1) is 20.3. The third-order valence-electron chi connectivity index (χ3n) is 5.04. The Hall–Kier alpha value is -2.41. The van der Waals surface area contributed by atoms with Crippen LogP contribution in [0.15, 0.2) is 24.3 Å². The molecule has 2 aliphatic rings. The molecule has 7 nitrogen and oxygen atoms in total. The molecule has 0 aliphatic carbocycles. The molecule has 1 aromatic rings. The minimum absolute atomic E-state index is 0.193. The SMILES string of the molecule is CC(C)(C)OC(=O)NCC1CCN(CCCN2C(=O)c3ccccc3C2=O)C1. The summed E-state index contributed by atoms with van der Waals surface area (Å²) in [5.74, 6) is 0.00902. The van der Waals surface area contributed by atoms with E-state index in [1.807, 2.05) is 20.8 Å². The van der Waals surface area contributed by atoms with Crippen LogP contribution >= 0.6 is 0 Å². The molecular formula is C21H29N3O4. The number of alkyl carbamates (subject to hydrolysis) is 1. The number of carbonyl (C=O) groups is 3. The standard InChI is InChI=1S/C21H29N3O4/c1-21(2,3)28-20(27)22-13-15-9-12-23(14-15)10-6-11-24-18(25)16-7-4-5-8-17(16)19(24)26/h4-5,7-8,15H,6,9-14H2,1-3H3,(H,22,27). The lowest BCUT2D eigenvalue weighted by Crippen LogP contribution is -2.36. The molecule has 28 heavy (non-hydrogen) atoms. The molecule has 2 heterocycles. The first-order chi connectivity index (χ1) is 13.2. The van der Waals surface area contributed by atoms with Gasteiger partial charge < -0.3 is 15.0 Å². The van der Waals surface area contributed by atoms with Crippen molar-refractivity contribution in [3.63, 3.8) is 0 Å². The molecule has 0 aromatic heterocycles. The van der Waals surface area contributed by atoms with Crippen molar-refractivity contribution >= 4 is 17.9 Å². The minimum Gasteiger partial charge on any atom is -0.444 e. The van der Waals surface area contributed by atoms with Crippen molar-refractivity contribution in [2.24, 2.45) is 5.92 Å². The Bertz CT molecular complexity index is 721. The second-order valence-electron chi connectivity index (χ2n) is 8.50. The summed E-state index contributed by atoms with van der Waals surface area (Å²) in [7, 11) is 0. The summed E-state index contributed by atoms with van der Waals surface area (Å²) in [6.07, 6.45) is 1.39. The van der Waals surface area contributed by atoms with Crippen molar-refractivity contribution in [1.82, 2.24) is 15.1 Å². The fourth-order valence-corrected chi connectivity index (χ4v) is 3.72. The van der Waals surface area contributed by atoms with E-state index < -0.39 is 5.60 Å². The normalized spacial score (nSPS) is 19.8. The van der Waals surface area contributed by atoms with Crippen LogP contribution in [0.4, 0.5) is 4.79 Å². The maximum absolute atomic E-state index is 12.4. The van der Waals surface area contributed by atoms with Crippen molar-refractivity contribution in [2.75, 3.05) is 32.7 Å². The first-order valence-corrected chi connectivity index (χ1v) is 9.89. The van der Waals surface area contributed by atoms with Crippen molar-refractivity contribution in [2.45, 2.75) is 39.2 Å². The van der Waals surface area contributed by atoms with Gasteiger partial charge in [0.05, 0.1) is 11.1 Å². The van der Waals surface area contributed by atoms with Gasteiger partial charge in [-0.1, -0.05) is 12.1 Å². The van der Waals surface area contributed by atoms with Gasteiger partial charge in [0.2, 0.25) is 0 Å². The molecule has 7 heteroatoms. The van der Waals surface area contributed by atoms with Gasteiger partial charge in [0.15, 0.2) is 0 Å². The number of hydrogen-bond acceptors (Lipinski definition) is 5. The van der Waals surface area contributed by atoms with Gasteiger partial charge in [-0.05, 0) is 64.8 Å². The van der Waals surface area contributed by atoms with Crippen LogP contribution < -0.4 is 5.32 Å². The summed E-state index contributed by atoms with van der Waals surface area (Å²) in [6.45, 7) is 9.26. The zero-order valence-electron chi connectivity index (χ0n) is 16.9. The number of ether oxygens (including phenoxy) is 1. The molecule has 1 aromatic carbocycles. The summed E-state index contributed by atoms with van der Waals surface area (Å²) < 4.78 is 5.26. The Morgan fingerprint density at radius 2 is 1.79 bits per heavy atom. The predicted molar refractivity (Wildman–Crippen MR) is 105 cm³/mol. The van der Waals surface area contributed by atoms with E-state index in [2.05, 4.69) is 10.2 Å². The van der Waals surface area contributed by atoms with Crippen LogP contribution in [-0.2, 0) is 4.74 Å².